The van der Waals surface area contributed by atoms with Crippen LogP contribution in [0.25, 0.3) is 0 Å². The Morgan fingerprint density at radius 1 is 1.38 bits per heavy atom. The number of nitrogens with one attached hydrogen (secondary N) is 1. The van der Waals surface area contributed by atoms with Crippen molar-refractivity contribution in [3.05, 3.63) is 0 Å². The minimum atomic E-state index is 0.195. The van der Waals surface area contributed by atoms with Gasteiger partial charge in [0.2, 0.25) is 0 Å². The first-order valence-electron chi connectivity index (χ1n) is 4.92. The molecule has 2 rings (SSSR count). The lowest BCUT2D eigenvalue weighted by Crippen LogP contribution is -2.42. The number of urea groups is 1. The second kappa shape index (κ2) is 3.18. The van der Waals surface area contributed by atoms with E-state index in [-0.39, 0.29) is 6.03 Å². The van der Waals surface area contributed by atoms with Crippen LogP contribution in [-0.2, 0) is 0 Å². The Kier molecular flexibility index (Phi) is 2.15. The summed E-state index contributed by atoms with van der Waals surface area (Å²) < 4.78 is 0. The second-order valence-corrected chi connectivity index (χ2v) is 4.10. The van der Waals surface area contributed by atoms with Gasteiger partial charge in [-0.15, -0.1) is 0 Å². The number of carbonyl (C=O) groups excluding carboxylic acids is 1. The maximum absolute atomic E-state index is 11.7. The van der Waals surface area contributed by atoms with E-state index in [2.05, 4.69) is 12.2 Å². The van der Waals surface area contributed by atoms with Gasteiger partial charge in [0.05, 0.1) is 0 Å². The van der Waals surface area contributed by atoms with E-state index in [0.717, 1.165) is 26.2 Å². The molecule has 4 heteroatoms. The van der Waals surface area contributed by atoms with E-state index >= 15 is 0 Å². The summed E-state index contributed by atoms with van der Waals surface area (Å²) in [6.07, 6.45) is 0. The predicted octanol–water partition coefficient (Wildman–Crippen LogP) is -0.0383. The number of nitrogens with zero attached hydrogens (tertiary/aromatic N) is 2. The fourth-order valence-electron chi connectivity index (χ4n) is 2.19. The number of hydrogen-bond donors (Lipinski definition) is 1. The molecule has 2 amide bonds. The summed E-state index contributed by atoms with van der Waals surface area (Å²) in [6, 6.07) is 0.609. The van der Waals surface area contributed by atoms with Crippen molar-refractivity contribution in [1.29, 1.82) is 0 Å². The third-order valence-electron chi connectivity index (χ3n) is 3.13. The molecule has 0 aliphatic carbocycles. The molecular weight excluding hydrogens is 166 g/mol. The van der Waals surface area contributed by atoms with Crippen molar-refractivity contribution in [3.63, 3.8) is 0 Å². The van der Waals surface area contributed by atoms with E-state index < -0.39 is 0 Å². The van der Waals surface area contributed by atoms with E-state index in [0.29, 0.717) is 12.0 Å². The molecule has 2 fully saturated rings. The van der Waals surface area contributed by atoms with Gasteiger partial charge in [0.1, 0.15) is 0 Å². The number of hydrogen-bond acceptors (Lipinski definition) is 2. The van der Waals surface area contributed by atoms with Gasteiger partial charge in [0.25, 0.3) is 0 Å². The lowest BCUT2D eigenvalue weighted by molar-refractivity contribution is 0.176. The van der Waals surface area contributed by atoms with Crippen molar-refractivity contribution in [2.75, 3.05) is 33.2 Å². The predicted molar refractivity (Wildman–Crippen MR) is 50.6 cm³/mol. The van der Waals surface area contributed by atoms with Gasteiger partial charge in [-0.25, -0.2) is 4.79 Å². The molecule has 1 N–H and O–H groups in total. The Hall–Kier alpha value is -0.770. The Morgan fingerprint density at radius 2 is 2.15 bits per heavy atom. The first-order valence-corrected chi connectivity index (χ1v) is 4.92. The van der Waals surface area contributed by atoms with Crippen LogP contribution in [0.2, 0.25) is 0 Å². The van der Waals surface area contributed by atoms with Gasteiger partial charge in [0.15, 0.2) is 0 Å². The molecule has 74 valence electrons. The van der Waals surface area contributed by atoms with Crippen molar-refractivity contribution in [3.8, 4) is 0 Å². The van der Waals surface area contributed by atoms with Gasteiger partial charge in [-0.2, -0.15) is 0 Å². The van der Waals surface area contributed by atoms with Crippen molar-refractivity contribution >= 4 is 6.03 Å². The van der Waals surface area contributed by atoms with Crippen LogP contribution < -0.4 is 5.32 Å². The van der Waals surface area contributed by atoms with Gasteiger partial charge in [-0.3, -0.25) is 0 Å². The van der Waals surface area contributed by atoms with Crippen LogP contribution in [0, 0.1) is 5.92 Å². The van der Waals surface area contributed by atoms with Crippen molar-refractivity contribution in [1.82, 2.24) is 15.1 Å². The summed E-state index contributed by atoms with van der Waals surface area (Å²) in [4.78, 5) is 15.5. The highest BCUT2D eigenvalue weighted by atomic mass is 16.2. The van der Waals surface area contributed by atoms with Crippen molar-refractivity contribution in [2.24, 2.45) is 5.92 Å². The van der Waals surface area contributed by atoms with E-state index in [9.17, 15) is 4.79 Å². The second-order valence-electron chi connectivity index (χ2n) is 4.10. The smallest absolute Gasteiger partial charge is 0.320 e. The highest BCUT2D eigenvalue weighted by Crippen LogP contribution is 2.19. The highest BCUT2D eigenvalue weighted by Gasteiger charge is 2.36. The Balaban J connectivity index is 2.04. The van der Waals surface area contributed by atoms with Crippen LogP contribution >= 0.6 is 0 Å². The molecule has 0 aromatic carbocycles. The molecule has 0 saturated carbocycles. The topological polar surface area (TPSA) is 35.6 Å². The molecular formula is C9H17N3O. The SMILES string of the molecule is CC1CNCC1N1CCN(C)C1=O. The number of carbonyl (C=O) groups is 1. The third kappa shape index (κ3) is 1.39. The first kappa shape index (κ1) is 8.81. The van der Waals surface area contributed by atoms with Gasteiger partial charge >= 0.3 is 6.03 Å². The maximum atomic E-state index is 11.7. The first-order chi connectivity index (χ1) is 6.20. The highest BCUT2D eigenvalue weighted by molar-refractivity contribution is 5.76. The minimum absolute atomic E-state index is 0.195. The average Bonchev–Trinajstić information content (AvgIpc) is 2.62. The van der Waals surface area contributed by atoms with Gasteiger partial charge < -0.3 is 15.1 Å². The number of amides is 2. The molecule has 2 atom stereocenters. The van der Waals surface area contributed by atoms with E-state index in [1.807, 2.05) is 11.9 Å². The molecule has 0 aromatic heterocycles. The third-order valence-corrected chi connectivity index (χ3v) is 3.13. The molecule has 0 radical (unpaired) electrons. The van der Waals surface area contributed by atoms with E-state index in [1.165, 1.54) is 0 Å². The summed E-state index contributed by atoms with van der Waals surface area (Å²) in [5, 5.41) is 3.32. The molecule has 2 heterocycles. The Bertz CT molecular complexity index is 219. The maximum Gasteiger partial charge on any atom is 0.320 e. The summed E-state index contributed by atoms with van der Waals surface area (Å²) >= 11 is 0. The van der Waals surface area contributed by atoms with Crippen LogP contribution in [0.4, 0.5) is 4.79 Å². The largest absolute Gasteiger partial charge is 0.326 e. The molecule has 0 bridgehead atoms. The Labute approximate surface area is 78.9 Å². The summed E-state index contributed by atoms with van der Waals surface area (Å²) in [5.74, 6) is 0.593. The molecule has 2 saturated heterocycles. The standard InChI is InChI=1S/C9H17N3O/c1-7-5-10-6-8(7)12-4-3-11(2)9(12)13/h7-8,10H,3-6H2,1-2H3. The molecule has 2 aliphatic rings. The minimum Gasteiger partial charge on any atom is -0.326 e. The Morgan fingerprint density at radius 3 is 2.62 bits per heavy atom. The summed E-state index contributed by atoms with van der Waals surface area (Å²) in [7, 11) is 1.87. The normalized spacial score (nSPS) is 34.8. The fourth-order valence-corrected chi connectivity index (χ4v) is 2.19. The zero-order chi connectivity index (χ0) is 9.42. The van der Waals surface area contributed by atoms with Crippen LogP contribution in [-0.4, -0.2) is 55.1 Å². The van der Waals surface area contributed by atoms with Crippen molar-refractivity contribution in [2.45, 2.75) is 13.0 Å². The zero-order valence-corrected chi connectivity index (χ0v) is 8.29. The van der Waals surface area contributed by atoms with E-state index in [4.69, 9.17) is 0 Å². The molecule has 2 unspecified atom stereocenters. The van der Waals surface area contributed by atoms with Gasteiger partial charge in [-0.05, 0) is 12.5 Å². The molecule has 4 nitrogen and oxygen atoms in total. The van der Waals surface area contributed by atoms with Crippen LogP contribution in [0.15, 0.2) is 0 Å². The van der Waals surface area contributed by atoms with Crippen LogP contribution in [0.5, 0.6) is 0 Å². The van der Waals surface area contributed by atoms with Crippen LogP contribution in [0.1, 0.15) is 6.92 Å². The van der Waals surface area contributed by atoms with Gasteiger partial charge in [-0.1, -0.05) is 6.92 Å². The van der Waals surface area contributed by atoms with Crippen molar-refractivity contribution < 1.29 is 4.79 Å². The number of rotatable bonds is 1. The molecule has 0 spiro atoms. The van der Waals surface area contributed by atoms with Crippen LogP contribution in [0.3, 0.4) is 0 Å². The molecule has 13 heavy (non-hydrogen) atoms. The average molecular weight is 183 g/mol. The summed E-state index contributed by atoms with van der Waals surface area (Å²) in [6.45, 7) is 5.98. The lowest BCUT2D eigenvalue weighted by Gasteiger charge is -2.26. The van der Waals surface area contributed by atoms with Gasteiger partial charge in [0, 0.05) is 32.7 Å². The summed E-state index contributed by atoms with van der Waals surface area (Å²) in [5.41, 5.74) is 0. The fraction of sp³-hybridized carbons (Fsp3) is 0.889. The quantitative estimate of drug-likeness (QED) is 0.619. The molecule has 0 aromatic rings. The lowest BCUT2D eigenvalue weighted by atomic mass is 10.1. The zero-order valence-electron chi connectivity index (χ0n) is 8.29. The monoisotopic (exact) mass is 183 g/mol. The molecule has 2 aliphatic heterocycles. The van der Waals surface area contributed by atoms with E-state index in [1.54, 1.807) is 4.90 Å². The number of likely N-dealkylation sites (N-methyl/N-ethyl adjacent to an activating group) is 1.